The normalized spacial score (nSPS) is 18.5. The van der Waals surface area contributed by atoms with Crippen LogP contribution in [0.25, 0.3) is 0 Å². The van der Waals surface area contributed by atoms with Gasteiger partial charge in [-0.25, -0.2) is 8.42 Å². The predicted molar refractivity (Wildman–Crippen MR) is 69.9 cm³/mol. The minimum atomic E-state index is -3.55. The molecule has 3 nitrogen and oxygen atoms in total. The maximum Gasteiger partial charge on any atom is 0.197 e. The van der Waals surface area contributed by atoms with Gasteiger partial charge in [-0.2, -0.15) is 5.26 Å². The van der Waals surface area contributed by atoms with Crippen molar-refractivity contribution >= 4 is 9.84 Å². The van der Waals surface area contributed by atoms with Gasteiger partial charge < -0.3 is 0 Å². The van der Waals surface area contributed by atoms with Gasteiger partial charge in [0.2, 0.25) is 0 Å². The Bertz CT molecular complexity index is 605. The first-order chi connectivity index (χ1) is 8.43. The van der Waals surface area contributed by atoms with Gasteiger partial charge in [0.15, 0.2) is 14.6 Å². The van der Waals surface area contributed by atoms with Crippen LogP contribution in [0.15, 0.2) is 23.1 Å². The fourth-order valence-corrected chi connectivity index (χ4v) is 4.47. The molecule has 4 heteroatoms. The molecule has 0 heterocycles. The average molecular weight is 263 g/mol. The van der Waals surface area contributed by atoms with Gasteiger partial charge in [0.1, 0.15) is 0 Å². The third kappa shape index (κ3) is 1.83. The molecular weight excluding hydrogens is 246 g/mol. The summed E-state index contributed by atoms with van der Waals surface area (Å²) in [4.78, 5) is 0.286. The molecule has 0 aromatic heterocycles. The Morgan fingerprint density at radius 2 is 1.78 bits per heavy atom. The summed E-state index contributed by atoms with van der Waals surface area (Å²) in [6.45, 7) is 3.84. The van der Waals surface area contributed by atoms with Crippen LogP contribution in [0.5, 0.6) is 0 Å². The zero-order valence-corrected chi connectivity index (χ0v) is 11.5. The average Bonchev–Trinajstić information content (AvgIpc) is 2.82. The fraction of sp³-hybridized carbons (Fsp3) is 0.500. The van der Waals surface area contributed by atoms with Crippen molar-refractivity contribution in [2.45, 2.75) is 49.2 Å². The van der Waals surface area contributed by atoms with Crippen LogP contribution >= 0.6 is 0 Å². The molecule has 0 atom stereocenters. The maximum absolute atomic E-state index is 12.6. The van der Waals surface area contributed by atoms with E-state index in [1.807, 2.05) is 19.9 Å². The number of nitriles is 1. The molecule has 1 fully saturated rings. The SMILES string of the molecule is Cc1ccc(S(=O)(=O)C2(C#N)CCCC2)cc1C. The molecule has 18 heavy (non-hydrogen) atoms. The Morgan fingerprint density at radius 1 is 1.17 bits per heavy atom. The minimum absolute atomic E-state index is 0.286. The number of nitrogens with zero attached hydrogens (tertiary/aromatic N) is 1. The molecule has 0 aliphatic heterocycles. The van der Waals surface area contributed by atoms with Crippen molar-refractivity contribution in [3.8, 4) is 6.07 Å². The lowest BCUT2D eigenvalue weighted by Crippen LogP contribution is -2.34. The van der Waals surface area contributed by atoms with Crippen LogP contribution in [-0.4, -0.2) is 13.2 Å². The third-order valence-electron chi connectivity index (χ3n) is 3.92. The number of hydrogen-bond acceptors (Lipinski definition) is 3. The van der Waals surface area contributed by atoms with Crippen molar-refractivity contribution in [2.75, 3.05) is 0 Å². The molecule has 0 saturated heterocycles. The topological polar surface area (TPSA) is 57.9 Å². The largest absolute Gasteiger partial charge is 0.222 e. The molecule has 96 valence electrons. The fourth-order valence-electron chi connectivity index (χ4n) is 2.49. The van der Waals surface area contributed by atoms with E-state index >= 15 is 0 Å². The van der Waals surface area contributed by atoms with Crippen LogP contribution in [0.4, 0.5) is 0 Å². The summed E-state index contributed by atoms with van der Waals surface area (Å²) in [5, 5.41) is 9.31. The van der Waals surface area contributed by atoms with E-state index in [1.165, 1.54) is 0 Å². The predicted octanol–water partition coefficient (Wildman–Crippen LogP) is 2.91. The molecule has 1 aliphatic carbocycles. The molecule has 0 bridgehead atoms. The lowest BCUT2D eigenvalue weighted by molar-refractivity contribution is 0.557. The van der Waals surface area contributed by atoms with Crippen molar-refractivity contribution in [1.29, 1.82) is 5.26 Å². The van der Waals surface area contributed by atoms with Gasteiger partial charge in [0, 0.05) is 0 Å². The Balaban J connectivity index is 2.55. The zero-order chi connectivity index (χ0) is 13.4. The summed E-state index contributed by atoms with van der Waals surface area (Å²) in [7, 11) is -3.55. The van der Waals surface area contributed by atoms with Gasteiger partial charge in [-0.3, -0.25) is 0 Å². The Labute approximate surface area is 108 Å². The molecular formula is C14H17NO2S. The van der Waals surface area contributed by atoms with Crippen LogP contribution in [0.3, 0.4) is 0 Å². The van der Waals surface area contributed by atoms with E-state index in [4.69, 9.17) is 0 Å². The molecule has 1 aromatic carbocycles. The molecule has 2 rings (SSSR count). The monoisotopic (exact) mass is 263 g/mol. The van der Waals surface area contributed by atoms with E-state index in [0.717, 1.165) is 24.0 Å². The summed E-state index contributed by atoms with van der Waals surface area (Å²) in [6, 6.07) is 7.17. The summed E-state index contributed by atoms with van der Waals surface area (Å²) < 4.78 is 24.1. The highest BCUT2D eigenvalue weighted by atomic mass is 32.2. The molecule has 0 amide bonds. The summed E-state index contributed by atoms with van der Waals surface area (Å²) in [5.41, 5.74) is 2.01. The summed E-state index contributed by atoms with van der Waals surface area (Å²) >= 11 is 0. The van der Waals surface area contributed by atoms with Crippen molar-refractivity contribution in [3.63, 3.8) is 0 Å². The van der Waals surface area contributed by atoms with Gasteiger partial charge in [-0.05, 0) is 49.9 Å². The molecule has 1 aromatic rings. The van der Waals surface area contributed by atoms with Gasteiger partial charge in [0.05, 0.1) is 11.0 Å². The van der Waals surface area contributed by atoms with Crippen molar-refractivity contribution in [3.05, 3.63) is 29.3 Å². The Morgan fingerprint density at radius 3 is 2.28 bits per heavy atom. The quantitative estimate of drug-likeness (QED) is 0.824. The first-order valence-electron chi connectivity index (χ1n) is 6.16. The van der Waals surface area contributed by atoms with Gasteiger partial charge >= 0.3 is 0 Å². The van der Waals surface area contributed by atoms with Crippen molar-refractivity contribution in [2.24, 2.45) is 0 Å². The van der Waals surface area contributed by atoms with Crippen LogP contribution in [0, 0.1) is 25.2 Å². The highest BCUT2D eigenvalue weighted by Crippen LogP contribution is 2.40. The lowest BCUT2D eigenvalue weighted by atomic mass is 10.1. The van der Waals surface area contributed by atoms with E-state index < -0.39 is 14.6 Å². The van der Waals surface area contributed by atoms with Gasteiger partial charge in [-0.1, -0.05) is 18.9 Å². The molecule has 0 spiro atoms. The number of benzene rings is 1. The zero-order valence-electron chi connectivity index (χ0n) is 10.7. The van der Waals surface area contributed by atoms with Crippen LogP contribution in [0.2, 0.25) is 0 Å². The third-order valence-corrected chi connectivity index (χ3v) is 6.32. The first kappa shape index (κ1) is 13.1. The number of aryl methyl sites for hydroxylation is 2. The lowest BCUT2D eigenvalue weighted by Gasteiger charge is -2.21. The minimum Gasteiger partial charge on any atom is -0.222 e. The smallest absolute Gasteiger partial charge is 0.197 e. The molecule has 0 N–H and O–H groups in total. The number of rotatable bonds is 2. The molecule has 1 saturated carbocycles. The molecule has 0 radical (unpaired) electrons. The summed E-state index contributed by atoms with van der Waals surface area (Å²) in [6.07, 6.45) is 2.55. The highest BCUT2D eigenvalue weighted by Gasteiger charge is 2.47. The van der Waals surface area contributed by atoms with Crippen molar-refractivity contribution in [1.82, 2.24) is 0 Å². The van der Waals surface area contributed by atoms with Crippen LogP contribution < -0.4 is 0 Å². The second kappa shape index (κ2) is 4.40. The molecule has 0 unspecified atom stereocenters. The highest BCUT2D eigenvalue weighted by molar-refractivity contribution is 7.93. The van der Waals surface area contributed by atoms with Gasteiger partial charge in [0.25, 0.3) is 0 Å². The van der Waals surface area contributed by atoms with E-state index in [9.17, 15) is 13.7 Å². The first-order valence-corrected chi connectivity index (χ1v) is 7.64. The van der Waals surface area contributed by atoms with Crippen LogP contribution in [0.1, 0.15) is 36.8 Å². The Hall–Kier alpha value is -1.34. The van der Waals surface area contributed by atoms with E-state index in [0.29, 0.717) is 12.8 Å². The maximum atomic E-state index is 12.6. The van der Waals surface area contributed by atoms with Crippen LogP contribution in [-0.2, 0) is 9.84 Å². The molecule has 1 aliphatic rings. The van der Waals surface area contributed by atoms with E-state index in [2.05, 4.69) is 6.07 Å². The summed E-state index contributed by atoms with van der Waals surface area (Å²) in [5.74, 6) is 0. The standard InChI is InChI=1S/C14H17NO2S/c1-11-5-6-13(9-12(11)2)18(16,17)14(10-15)7-3-4-8-14/h5-6,9H,3-4,7-8H2,1-2H3. The van der Waals surface area contributed by atoms with Gasteiger partial charge in [-0.15, -0.1) is 0 Å². The van der Waals surface area contributed by atoms with Crippen molar-refractivity contribution < 1.29 is 8.42 Å². The second-order valence-corrected chi connectivity index (χ2v) is 7.32. The Kier molecular flexibility index (Phi) is 3.20. The second-order valence-electron chi connectivity index (χ2n) is 5.06. The number of hydrogen-bond donors (Lipinski definition) is 0. The number of sulfone groups is 1. The van der Waals surface area contributed by atoms with E-state index in [-0.39, 0.29) is 4.90 Å². The van der Waals surface area contributed by atoms with E-state index in [1.54, 1.807) is 12.1 Å².